The molecule has 0 saturated carbocycles. The van der Waals surface area contributed by atoms with Crippen molar-refractivity contribution < 1.29 is 18.0 Å². The lowest BCUT2D eigenvalue weighted by Gasteiger charge is -2.33. The molecule has 0 radical (unpaired) electrons. The van der Waals surface area contributed by atoms with Crippen LogP contribution in [0.3, 0.4) is 0 Å². The number of nitrogens with zero attached hydrogens (tertiary/aromatic N) is 3. The molecule has 2 aromatic carbocycles. The van der Waals surface area contributed by atoms with E-state index in [1.807, 2.05) is 29.8 Å². The number of fused-ring (bicyclic) bond motifs is 1. The zero-order valence-electron chi connectivity index (χ0n) is 18.4. The number of likely N-dealkylation sites (N-methyl/N-ethyl adjacent to an activating group) is 1. The molecule has 1 saturated heterocycles. The van der Waals surface area contributed by atoms with Crippen LogP contribution < -0.4 is 15.3 Å². The van der Waals surface area contributed by atoms with Gasteiger partial charge in [0.05, 0.1) is 23.2 Å². The molecule has 4 rings (SSSR count). The molecule has 1 unspecified atom stereocenters. The molecular weight excluding hydrogens is 444 g/mol. The highest BCUT2D eigenvalue weighted by molar-refractivity contribution is 7.91. The number of anilines is 1. The first-order valence-electron chi connectivity index (χ1n) is 10.5. The maximum Gasteiger partial charge on any atom is 0.210 e. The highest BCUT2D eigenvalue weighted by atomic mass is 32.2. The van der Waals surface area contributed by atoms with E-state index >= 15 is 0 Å². The number of rotatable bonds is 6. The molecule has 170 valence electrons. The summed E-state index contributed by atoms with van der Waals surface area (Å²) >= 11 is 0. The van der Waals surface area contributed by atoms with Gasteiger partial charge in [0.25, 0.3) is 0 Å². The molecule has 8 nitrogen and oxygen atoms in total. The maximum atomic E-state index is 13.6. The van der Waals surface area contributed by atoms with Crippen molar-refractivity contribution in [3.8, 4) is 5.75 Å². The van der Waals surface area contributed by atoms with Crippen molar-refractivity contribution >= 4 is 40.7 Å². The van der Waals surface area contributed by atoms with Gasteiger partial charge in [0.15, 0.2) is 0 Å². The van der Waals surface area contributed by atoms with E-state index in [9.17, 15) is 13.2 Å². The molecule has 1 aromatic heterocycles. The van der Waals surface area contributed by atoms with Crippen LogP contribution >= 0.6 is 0 Å². The molecule has 0 bridgehead atoms. The lowest BCUT2D eigenvalue weighted by Crippen LogP contribution is -2.47. The normalized spacial score (nSPS) is 16.8. The number of hydrogen-bond acceptors (Lipinski definition) is 8. The summed E-state index contributed by atoms with van der Waals surface area (Å²) in [6.07, 6.45) is 1.42. The van der Waals surface area contributed by atoms with Crippen molar-refractivity contribution in [1.82, 2.24) is 14.9 Å². The first-order chi connectivity index (χ1) is 15.3. The van der Waals surface area contributed by atoms with Crippen LogP contribution in [-0.4, -0.2) is 77.5 Å². The molecule has 32 heavy (non-hydrogen) atoms. The first-order valence-corrected chi connectivity index (χ1v) is 14.2. The largest absolute Gasteiger partial charge is 0.497 e. The number of nitrogens with one attached hydrogen (secondary N) is 1. The van der Waals surface area contributed by atoms with Crippen LogP contribution in [0.2, 0.25) is 6.55 Å². The van der Waals surface area contributed by atoms with E-state index in [1.54, 1.807) is 12.1 Å². The van der Waals surface area contributed by atoms with Crippen LogP contribution in [0.5, 0.6) is 5.75 Å². The number of hydrogen-bond donors (Lipinski definition) is 2. The van der Waals surface area contributed by atoms with Crippen molar-refractivity contribution in [2.75, 3.05) is 45.8 Å². The van der Waals surface area contributed by atoms with Gasteiger partial charge in [-0.3, -0.25) is 4.98 Å². The second-order valence-corrected chi connectivity index (χ2v) is 12.0. The third-order valence-electron chi connectivity index (χ3n) is 5.77. The number of aromatic nitrogens is 1. The minimum atomic E-state index is -3.85. The van der Waals surface area contributed by atoms with E-state index in [2.05, 4.69) is 22.4 Å². The Morgan fingerprint density at radius 2 is 1.78 bits per heavy atom. The van der Waals surface area contributed by atoms with E-state index in [1.165, 1.54) is 25.4 Å². The molecule has 10 heteroatoms. The van der Waals surface area contributed by atoms with Crippen molar-refractivity contribution in [2.45, 2.75) is 16.3 Å². The number of benzene rings is 2. The Labute approximate surface area is 190 Å². The number of piperazine rings is 1. The summed E-state index contributed by atoms with van der Waals surface area (Å²) in [4.78, 5) is 17.2. The molecule has 3 aromatic rings. The second kappa shape index (κ2) is 9.16. The fourth-order valence-electron chi connectivity index (χ4n) is 3.73. The topological polar surface area (TPSA) is 95.0 Å². The molecule has 0 amide bonds. The fourth-order valence-corrected chi connectivity index (χ4v) is 5.88. The Bertz CT molecular complexity index is 1210. The SMILES string of the molecule is COc1ccc(S(=O)(=O)c2cnc3ccc([SiH](C)O)cc3c2NN2CCN(C)CC2)cc1. The number of sulfone groups is 1. The summed E-state index contributed by atoms with van der Waals surface area (Å²) in [5.74, 6) is 0.586. The Kier molecular flexibility index (Phi) is 6.49. The Morgan fingerprint density at radius 3 is 2.41 bits per heavy atom. The summed E-state index contributed by atoms with van der Waals surface area (Å²) in [5, 5.41) is 3.55. The highest BCUT2D eigenvalue weighted by Gasteiger charge is 2.26. The van der Waals surface area contributed by atoms with Gasteiger partial charge in [-0.15, -0.1) is 0 Å². The standard InChI is InChI=1S/C22H28N4O4SSi/c1-25-10-12-26(13-11-25)24-22-19-14-18(32(3)29)8-9-20(19)23-15-21(22)31(27,28)17-6-4-16(30-2)5-7-17/h4-9,14-15,29,32H,10-13H2,1-3H3,(H,23,24). The van der Waals surface area contributed by atoms with Gasteiger partial charge in [0, 0.05) is 37.8 Å². The number of methoxy groups -OCH3 is 1. The monoisotopic (exact) mass is 472 g/mol. The van der Waals surface area contributed by atoms with Gasteiger partial charge >= 0.3 is 0 Å². The first kappa shape index (κ1) is 22.7. The summed E-state index contributed by atoms with van der Waals surface area (Å²) < 4.78 is 32.4. The molecule has 1 atom stereocenters. The number of pyridine rings is 1. The quantitative estimate of drug-likeness (QED) is 0.517. The Balaban J connectivity index is 1.86. The maximum absolute atomic E-state index is 13.6. The molecule has 1 aliphatic rings. The van der Waals surface area contributed by atoms with Gasteiger partial charge in [0.2, 0.25) is 18.9 Å². The molecule has 1 fully saturated rings. The lowest BCUT2D eigenvalue weighted by molar-refractivity contribution is 0.179. The van der Waals surface area contributed by atoms with E-state index in [4.69, 9.17) is 4.74 Å². The minimum absolute atomic E-state index is 0.110. The average molecular weight is 473 g/mol. The van der Waals surface area contributed by atoms with E-state index in [0.717, 1.165) is 31.4 Å². The van der Waals surface area contributed by atoms with Crippen molar-refractivity contribution in [2.24, 2.45) is 0 Å². The average Bonchev–Trinajstić information content (AvgIpc) is 2.80. The lowest BCUT2D eigenvalue weighted by atomic mass is 10.2. The van der Waals surface area contributed by atoms with Crippen LogP contribution in [0.15, 0.2) is 58.5 Å². The van der Waals surface area contributed by atoms with Gasteiger partial charge in [-0.05, 0) is 55.2 Å². The molecule has 2 heterocycles. The van der Waals surface area contributed by atoms with Gasteiger partial charge in [-0.1, -0.05) is 6.07 Å². The molecule has 1 aliphatic heterocycles. The Morgan fingerprint density at radius 1 is 1.09 bits per heavy atom. The van der Waals surface area contributed by atoms with Gasteiger partial charge in [-0.25, -0.2) is 13.4 Å². The number of ether oxygens (including phenoxy) is 1. The zero-order valence-corrected chi connectivity index (χ0v) is 20.4. The minimum Gasteiger partial charge on any atom is -0.497 e. The molecule has 0 spiro atoms. The summed E-state index contributed by atoms with van der Waals surface area (Å²) in [6.45, 7) is 5.09. The van der Waals surface area contributed by atoms with Gasteiger partial charge in [0.1, 0.15) is 10.6 Å². The van der Waals surface area contributed by atoms with Crippen LogP contribution in [0.4, 0.5) is 5.69 Å². The number of hydrazine groups is 1. The van der Waals surface area contributed by atoms with Gasteiger partial charge < -0.3 is 19.9 Å². The smallest absolute Gasteiger partial charge is 0.210 e. The molecule has 0 aliphatic carbocycles. The third kappa shape index (κ3) is 4.50. The predicted molar refractivity (Wildman–Crippen MR) is 128 cm³/mol. The van der Waals surface area contributed by atoms with E-state index in [0.29, 0.717) is 22.3 Å². The zero-order chi connectivity index (χ0) is 22.9. The van der Waals surface area contributed by atoms with Crippen LogP contribution in [0.1, 0.15) is 0 Å². The van der Waals surface area contributed by atoms with Crippen LogP contribution in [-0.2, 0) is 9.84 Å². The van der Waals surface area contributed by atoms with Crippen molar-refractivity contribution in [3.05, 3.63) is 48.7 Å². The summed E-state index contributed by atoms with van der Waals surface area (Å²) in [7, 11) is -2.32. The van der Waals surface area contributed by atoms with Crippen LogP contribution in [0.25, 0.3) is 10.9 Å². The Hall–Kier alpha value is -2.50. The summed E-state index contributed by atoms with van der Waals surface area (Å²) in [5.41, 5.74) is 4.54. The third-order valence-corrected chi connectivity index (χ3v) is 8.88. The van der Waals surface area contributed by atoms with Gasteiger partial charge in [-0.2, -0.15) is 0 Å². The predicted octanol–water partition coefficient (Wildman–Crippen LogP) is 1.20. The van der Waals surface area contributed by atoms with E-state index in [-0.39, 0.29) is 9.79 Å². The molecular formula is C22H28N4O4SSi. The van der Waals surface area contributed by atoms with Crippen molar-refractivity contribution in [3.63, 3.8) is 0 Å². The molecule has 2 N–H and O–H groups in total. The highest BCUT2D eigenvalue weighted by Crippen LogP contribution is 2.33. The van der Waals surface area contributed by atoms with E-state index < -0.39 is 18.9 Å². The van der Waals surface area contributed by atoms with Crippen molar-refractivity contribution in [1.29, 1.82) is 0 Å². The summed E-state index contributed by atoms with van der Waals surface area (Å²) in [6, 6.07) is 11.9. The van der Waals surface area contributed by atoms with Crippen LogP contribution in [0, 0.1) is 0 Å². The fraction of sp³-hybridized carbons (Fsp3) is 0.318. The second-order valence-electron chi connectivity index (χ2n) is 8.03.